The largest absolute Gasteiger partial charge is 0.309 e. The molecule has 0 radical (unpaired) electrons. The Bertz CT molecular complexity index is 11700. The van der Waals surface area contributed by atoms with Crippen molar-refractivity contribution in [3.05, 3.63) is 490 Å². The molecule has 21 aromatic carbocycles. The molecule has 9 heteroatoms. The van der Waals surface area contributed by atoms with Crippen molar-refractivity contribution in [3.63, 3.8) is 0 Å². The molecular formula is C126H81N9. The third kappa shape index (κ3) is 11.6. The van der Waals surface area contributed by atoms with Crippen LogP contribution in [-0.2, 0) is 0 Å². The Labute approximate surface area is 840 Å². The molecule has 0 fully saturated rings. The van der Waals surface area contributed by atoms with Crippen LogP contribution in [0.2, 0.25) is 0 Å². The zero-order valence-electron chi connectivity index (χ0n) is 117. The summed E-state index contributed by atoms with van der Waals surface area (Å²) >= 11 is 0. The van der Waals surface area contributed by atoms with Crippen LogP contribution >= 0.6 is 0 Å². The molecule has 0 unspecified atom stereocenters. The Morgan fingerprint density at radius 2 is 0.244 bits per heavy atom. The minimum atomic E-state index is -0.958. The molecule has 0 aliphatic rings. The van der Waals surface area contributed by atoms with E-state index in [1.165, 1.54) is 50.1 Å². The lowest BCUT2D eigenvalue weighted by Gasteiger charge is -2.17. The third-order valence-corrected chi connectivity index (χ3v) is 24.9. The van der Waals surface area contributed by atoms with Crippen LogP contribution < -0.4 is 0 Å². The van der Waals surface area contributed by atoms with Gasteiger partial charge in [-0.05, 0) is 164 Å². The van der Waals surface area contributed by atoms with Gasteiger partial charge in [-0.15, -0.1) is 0 Å². The number of benzene rings is 21. The average molecular weight is 1770 g/mol. The molecule has 9 aromatic heterocycles. The molecule has 0 N–H and O–H groups in total. The van der Waals surface area contributed by atoms with Gasteiger partial charge >= 0.3 is 0 Å². The van der Waals surface area contributed by atoms with Gasteiger partial charge in [-0.2, -0.15) is 0 Å². The maximum Gasteiger partial charge on any atom is 0.0667 e. The minimum absolute atomic E-state index is 0.0489. The summed E-state index contributed by atoms with van der Waals surface area (Å²) in [4.78, 5) is 0. The SMILES string of the molecule is [2H]c1c(-n2c3c([2H])c([2H])c([2H])c([2H])c3c3c([2H])c([2H])c([2H])c([2H])c32)cc(-n2c3c([2H])c([2H])c([2H])c([2H])c3c3c([2H])c([2H])c([2H])c([2H])c32)c([2H])c1-n1c2c([2H])c([2H])c([2H])c([2H])c2c2c([2H])c([2H])c([2H])c([2H])c21.[2H]c1c(-n2c3ccccc3c3ccccc32)c([2H])c(-n2c3ccccc3c3ccccc32)c([2H])c1-n1c2ccccc2c2ccccc21.[2H]c1cc2c(c([2H])c1[2H])c1c([2H])c([2H])c([2H])cc1n2-c1cc(-n2c3cc([2H])c([2H])c([2H])c3c3c([2H])c([2H])c([2H])cc32)cc(-n2c3cc([2H])c([2H])c([2H])c3c3c([2H])c([2H])c([2H])cc32)c1. The van der Waals surface area contributed by atoms with Crippen LogP contribution in [0, 0.1) is 0 Å². The van der Waals surface area contributed by atoms with Crippen LogP contribution in [0.15, 0.2) is 490 Å². The van der Waals surface area contributed by atoms with E-state index in [9.17, 15) is 15.1 Å². The Morgan fingerprint density at radius 3 is 0.452 bits per heavy atom. The number of aromatic nitrogens is 9. The van der Waals surface area contributed by atoms with Crippen molar-refractivity contribution < 1.29 is 64.4 Å². The Kier molecular flexibility index (Phi) is 9.63. The highest BCUT2D eigenvalue weighted by molar-refractivity contribution is 6.18. The van der Waals surface area contributed by atoms with E-state index in [2.05, 4.69) is 86.5 Å². The van der Waals surface area contributed by atoms with Crippen LogP contribution in [0.5, 0.6) is 0 Å². The molecule has 0 aliphatic heterocycles. The first-order valence-electron chi connectivity index (χ1n) is 66.0. The number of hydrogen-bond donors (Lipinski definition) is 0. The second kappa shape index (κ2) is 30.2. The first kappa shape index (κ1) is 43.0. The lowest BCUT2D eigenvalue weighted by molar-refractivity contribution is 1.10. The molecule has 0 spiro atoms. The molecule has 135 heavy (non-hydrogen) atoms. The summed E-state index contributed by atoms with van der Waals surface area (Å²) in [6, 6.07) is 33.9. The van der Waals surface area contributed by atoms with Gasteiger partial charge in [0.1, 0.15) is 0 Å². The Morgan fingerprint density at radius 1 is 0.111 bits per heavy atom. The second-order valence-electron chi connectivity index (χ2n) is 31.9. The van der Waals surface area contributed by atoms with Gasteiger partial charge in [0.25, 0.3) is 0 Å². The van der Waals surface area contributed by atoms with E-state index in [1.54, 1.807) is 18.2 Å². The molecule has 630 valence electrons. The molecule has 0 atom stereocenters. The normalized spacial score (nSPS) is 16.9. The number of nitrogens with zero attached hydrogens (tertiary/aromatic N) is 9. The fraction of sp³-hybridized carbons (Fsp3) is 0. The summed E-state index contributed by atoms with van der Waals surface area (Å²) in [5.74, 6) is 0. The van der Waals surface area contributed by atoms with Gasteiger partial charge in [-0.1, -0.05) is 327 Å². The fourth-order valence-electron chi connectivity index (χ4n) is 19.5. The van der Waals surface area contributed by atoms with Gasteiger partial charge in [0, 0.05) is 97.0 Å². The lowest BCUT2D eigenvalue weighted by Crippen LogP contribution is -2.03. The molecule has 0 saturated carbocycles. The summed E-state index contributed by atoms with van der Waals surface area (Å²) < 4.78 is 434. The molecule has 9 nitrogen and oxygen atoms in total. The van der Waals surface area contributed by atoms with E-state index in [-0.39, 0.29) is 137 Å². The van der Waals surface area contributed by atoms with E-state index in [4.69, 9.17) is 49.3 Å². The van der Waals surface area contributed by atoms with Crippen molar-refractivity contribution in [1.29, 1.82) is 0 Å². The summed E-state index contributed by atoms with van der Waals surface area (Å²) in [6.45, 7) is 0. The first-order valence-corrected chi connectivity index (χ1v) is 42.5. The highest BCUT2D eigenvalue weighted by Gasteiger charge is 2.26. The highest BCUT2D eigenvalue weighted by Crippen LogP contribution is 2.46. The van der Waals surface area contributed by atoms with Crippen molar-refractivity contribution in [1.82, 2.24) is 41.1 Å². The maximum absolute atomic E-state index is 10.2. The van der Waals surface area contributed by atoms with Crippen molar-refractivity contribution in [3.8, 4) is 51.2 Å². The zero-order chi connectivity index (χ0) is 129. The van der Waals surface area contributed by atoms with E-state index in [0.717, 1.165) is 85.2 Å². The molecule has 0 saturated heterocycles. The van der Waals surface area contributed by atoms with Crippen LogP contribution in [0.25, 0.3) is 247 Å². The minimum Gasteiger partial charge on any atom is -0.309 e. The Hall–Kier alpha value is -18.2. The third-order valence-electron chi connectivity index (χ3n) is 24.9. The van der Waals surface area contributed by atoms with Gasteiger partial charge < -0.3 is 41.1 Å². The van der Waals surface area contributed by atoms with Gasteiger partial charge in [-0.3, -0.25) is 0 Å². The van der Waals surface area contributed by atoms with Gasteiger partial charge in [0.05, 0.1) is 215 Å². The monoisotopic (exact) mass is 1770 g/mol. The standard InChI is InChI=1S/3C42H27N3/c3*1-7-19-37-31(13-1)32-14-2-8-20-38(32)43(37)28-25-29(44-39-21-9-3-15-33(39)34-16-4-10-22-40(34)44)27-30(26-28)45-41-23-11-5-17-35(41)36-18-6-12-24-42(36)45/h3*1-27H/i1D,2D,3D,4D,5D,6D,7D,8D,9D,10D,11D,12D,13D,14D,15D,16D,17D,18D,19D,20D,21D,22D,23D,24D,25D,26D;1D,2D,3D,4D,5D,6D,7D,8D,9D,10D,11D,12D,13D,14D,15D,16D,17D,18D;25D,26D,27D. The van der Waals surface area contributed by atoms with Gasteiger partial charge in [-0.25, -0.2) is 0 Å². The number of fused-ring (bicyclic) bond motifs is 27. The predicted molar refractivity (Wildman–Crippen MR) is 568 cm³/mol. The topological polar surface area (TPSA) is 44.4 Å². The first-order chi connectivity index (χ1) is 86.5. The zero-order valence-corrected chi connectivity index (χ0v) is 69.7. The Balaban J connectivity index is 0.000000126. The number of rotatable bonds is 9. The molecule has 9 heterocycles. The molecule has 30 rings (SSSR count). The molecule has 0 bridgehead atoms. The predicted octanol–water partition coefficient (Wildman–Crippen LogP) is 32.9. The lowest BCUT2D eigenvalue weighted by atomic mass is 10.2. The summed E-state index contributed by atoms with van der Waals surface area (Å²) in [6.07, 6.45) is 0. The van der Waals surface area contributed by atoms with Crippen LogP contribution in [0.3, 0.4) is 0 Å². The molecular weight excluding hydrogens is 1640 g/mol. The molecule has 30 aromatic rings. The van der Waals surface area contributed by atoms with Gasteiger partial charge in [0.2, 0.25) is 0 Å². The number of hydrogen-bond acceptors (Lipinski definition) is 0. The summed E-state index contributed by atoms with van der Waals surface area (Å²) in [7, 11) is 0. The average Bonchev–Trinajstić information content (AvgIpc) is 1.52. The summed E-state index contributed by atoms with van der Waals surface area (Å²) in [5.41, 5.74) is 2.52. The maximum atomic E-state index is 10.2. The van der Waals surface area contributed by atoms with Gasteiger partial charge in [0.15, 0.2) is 0 Å². The van der Waals surface area contributed by atoms with Crippen molar-refractivity contribution in [2.45, 2.75) is 0 Å². The molecule has 0 aliphatic carbocycles. The fourth-order valence-corrected chi connectivity index (χ4v) is 19.5. The van der Waals surface area contributed by atoms with E-state index >= 15 is 0 Å². The van der Waals surface area contributed by atoms with E-state index in [1.807, 2.05) is 72.8 Å². The number of para-hydroxylation sites is 18. The smallest absolute Gasteiger partial charge is 0.0667 e. The van der Waals surface area contributed by atoms with E-state index < -0.39 is 312 Å². The summed E-state index contributed by atoms with van der Waals surface area (Å²) in [5, 5.41) is 3.69. The van der Waals surface area contributed by atoms with Crippen molar-refractivity contribution in [2.75, 3.05) is 0 Å². The molecule has 0 amide bonds. The second-order valence-corrected chi connectivity index (χ2v) is 31.9. The quantitative estimate of drug-likeness (QED) is 0.138. The van der Waals surface area contributed by atoms with E-state index in [0.29, 0.717) is 17.1 Å². The van der Waals surface area contributed by atoms with Crippen LogP contribution in [0.1, 0.15) is 64.4 Å². The van der Waals surface area contributed by atoms with Crippen LogP contribution in [-0.4, -0.2) is 41.1 Å². The van der Waals surface area contributed by atoms with Crippen molar-refractivity contribution >= 4 is 196 Å². The van der Waals surface area contributed by atoms with Crippen LogP contribution in [0.4, 0.5) is 0 Å². The van der Waals surface area contributed by atoms with Crippen molar-refractivity contribution in [2.24, 2.45) is 0 Å². The highest BCUT2D eigenvalue weighted by atomic mass is 15.1.